The van der Waals surface area contributed by atoms with Crippen molar-refractivity contribution in [3.63, 3.8) is 0 Å². The third kappa shape index (κ3) is 5.65. The van der Waals surface area contributed by atoms with E-state index in [4.69, 9.17) is 18.0 Å². The zero-order valence-corrected chi connectivity index (χ0v) is 11.3. The average molecular weight is 251 g/mol. The van der Waals surface area contributed by atoms with E-state index in [1.165, 1.54) is 5.56 Å². The minimum absolute atomic E-state index is 0.378. The van der Waals surface area contributed by atoms with Gasteiger partial charge in [-0.2, -0.15) is 0 Å². The van der Waals surface area contributed by atoms with Crippen LogP contribution in [0.2, 0.25) is 0 Å². The van der Waals surface area contributed by atoms with Gasteiger partial charge in [-0.15, -0.1) is 0 Å². The molecule has 0 bridgehead atoms. The number of hydrogen-bond acceptors (Lipinski definition) is 2. The third-order valence-corrected chi connectivity index (χ3v) is 3.03. The molecule has 0 radical (unpaired) electrons. The van der Waals surface area contributed by atoms with Gasteiger partial charge in [0.05, 0.1) is 0 Å². The number of hydrogen-bond donors (Lipinski definition) is 2. The molecule has 1 unspecified atom stereocenters. The van der Waals surface area contributed by atoms with Crippen LogP contribution in [0.15, 0.2) is 30.3 Å². The van der Waals surface area contributed by atoms with Gasteiger partial charge in [0.2, 0.25) is 0 Å². The van der Waals surface area contributed by atoms with Crippen molar-refractivity contribution in [2.75, 3.05) is 13.6 Å². The van der Waals surface area contributed by atoms with E-state index < -0.39 is 0 Å². The summed E-state index contributed by atoms with van der Waals surface area (Å²) < 4.78 is 0. The summed E-state index contributed by atoms with van der Waals surface area (Å²) in [4.78, 5) is 2.33. The molecule has 1 aromatic carbocycles. The van der Waals surface area contributed by atoms with Gasteiger partial charge >= 0.3 is 0 Å². The summed E-state index contributed by atoms with van der Waals surface area (Å²) in [5.74, 6) is 0. The summed E-state index contributed by atoms with van der Waals surface area (Å²) >= 11 is 4.77. The van der Waals surface area contributed by atoms with Crippen LogP contribution in [0, 0.1) is 0 Å². The SMILES string of the molecule is CC(CCNC(N)=S)N(C)Cc1ccccc1. The monoisotopic (exact) mass is 251 g/mol. The maximum absolute atomic E-state index is 5.39. The zero-order valence-electron chi connectivity index (χ0n) is 10.5. The minimum atomic E-state index is 0.378. The van der Waals surface area contributed by atoms with Crippen molar-refractivity contribution in [1.82, 2.24) is 10.2 Å². The van der Waals surface area contributed by atoms with E-state index in [1.807, 2.05) is 6.07 Å². The molecule has 94 valence electrons. The Morgan fingerprint density at radius 2 is 2.06 bits per heavy atom. The van der Waals surface area contributed by atoms with Crippen LogP contribution in [0.4, 0.5) is 0 Å². The normalized spacial score (nSPS) is 12.4. The summed E-state index contributed by atoms with van der Waals surface area (Å²) in [6.45, 7) is 4.01. The van der Waals surface area contributed by atoms with Crippen molar-refractivity contribution >= 4 is 17.3 Å². The van der Waals surface area contributed by atoms with Gasteiger partial charge in [0, 0.05) is 19.1 Å². The first-order valence-corrected chi connectivity index (χ1v) is 6.28. The highest BCUT2D eigenvalue weighted by molar-refractivity contribution is 7.80. The van der Waals surface area contributed by atoms with Gasteiger partial charge in [0.1, 0.15) is 0 Å². The van der Waals surface area contributed by atoms with E-state index in [1.54, 1.807) is 0 Å². The van der Waals surface area contributed by atoms with Crippen molar-refractivity contribution < 1.29 is 0 Å². The lowest BCUT2D eigenvalue weighted by Gasteiger charge is -2.24. The fourth-order valence-electron chi connectivity index (χ4n) is 1.65. The van der Waals surface area contributed by atoms with Crippen LogP contribution in [0.25, 0.3) is 0 Å². The number of benzene rings is 1. The van der Waals surface area contributed by atoms with Crippen LogP contribution in [-0.4, -0.2) is 29.6 Å². The molecule has 3 N–H and O–H groups in total. The highest BCUT2D eigenvalue weighted by Gasteiger charge is 2.08. The zero-order chi connectivity index (χ0) is 12.7. The summed E-state index contributed by atoms with van der Waals surface area (Å²) in [6, 6.07) is 11.0. The largest absolute Gasteiger partial charge is 0.376 e. The van der Waals surface area contributed by atoms with Crippen LogP contribution in [0.1, 0.15) is 18.9 Å². The summed E-state index contributed by atoms with van der Waals surface area (Å²) in [7, 11) is 2.14. The third-order valence-electron chi connectivity index (χ3n) is 2.89. The van der Waals surface area contributed by atoms with E-state index in [2.05, 4.69) is 48.5 Å². The molecule has 1 atom stereocenters. The molecule has 1 rings (SSSR count). The van der Waals surface area contributed by atoms with Crippen molar-refractivity contribution in [1.29, 1.82) is 0 Å². The first-order valence-electron chi connectivity index (χ1n) is 5.87. The Morgan fingerprint density at radius 3 is 2.65 bits per heavy atom. The Balaban J connectivity index is 2.31. The predicted octanol–water partition coefficient (Wildman–Crippen LogP) is 1.73. The van der Waals surface area contributed by atoms with Gasteiger partial charge < -0.3 is 11.1 Å². The molecule has 0 heterocycles. The van der Waals surface area contributed by atoms with Gasteiger partial charge in [-0.1, -0.05) is 30.3 Å². The molecule has 0 aliphatic heterocycles. The number of nitrogens with zero attached hydrogens (tertiary/aromatic N) is 1. The molecule has 0 saturated carbocycles. The van der Waals surface area contributed by atoms with Gasteiger partial charge in [-0.3, -0.25) is 4.90 Å². The maximum atomic E-state index is 5.39. The number of thiocarbonyl (C=S) groups is 1. The quantitative estimate of drug-likeness (QED) is 0.756. The lowest BCUT2D eigenvalue weighted by molar-refractivity contribution is 0.239. The first-order chi connectivity index (χ1) is 8.09. The van der Waals surface area contributed by atoms with Gasteiger partial charge in [-0.25, -0.2) is 0 Å². The summed E-state index contributed by atoms with van der Waals surface area (Å²) in [5, 5.41) is 3.36. The van der Waals surface area contributed by atoms with E-state index in [9.17, 15) is 0 Å². The molecule has 0 aliphatic rings. The summed E-state index contributed by atoms with van der Waals surface area (Å²) in [5.41, 5.74) is 6.72. The molecule has 0 spiro atoms. The fraction of sp³-hybridized carbons (Fsp3) is 0.462. The van der Waals surface area contributed by atoms with Gasteiger partial charge in [0.25, 0.3) is 0 Å². The Morgan fingerprint density at radius 1 is 1.41 bits per heavy atom. The van der Waals surface area contributed by atoms with E-state index >= 15 is 0 Å². The van der Waals surface area contributed by atoms with Crippen LogP contribution < -0.4 is 11.1 Å². The van der Waals surface area contributed by atoms with Crippen LogP contribution in [-0.2, 0) is 6.54 Å². The molecule has 0 amide bonds. The number of nitrogens with one attached hydrogen (secondary N) is 1. The molecule has 1 aromatic rings. The average Bonchev–Trinajstić information content (AvgIpc) is 2.29. The first kappa shape index (κ1) is 13.9. The molecule has 0 aromatic heterocycles. The highest BCUT2D eigenvalue weighted by Crippen LogP contribution is 2.07. The van der Waals surface area contributed by atoms with Gasteiger partial charge in [0.15, 0.2) is 5.11 Å². The number of nitrogens with two attached hydrogens (primary N) is 1. The molecular weight excluding hydrogens is 230 g/mol. The van der Waals surface area contributed by atoms with Crippen molar-refractivity contribution in [2.24, 2.45) is 5.73 Å². The second-order valence-electron chi connectivity index (χ2n) is 4.33. The summed E-state index contributed by atoms with van der Waals surface area (Å²) in [6.07, 6.45) is 1.03. The second-order valence-corrected chi connectivity index (χ2v) is 4.77. The standard InChI is InChI=1S/C13H21N3S/c1-11(8-9-15-13(14)17)16(2)10-12-6-4-3-5-7-12/h3-7,11H,8-10H2,1-2H3,(H3,14,15,17). The lowest BCUT2D eigenvalue weighted by Crippen LogP contribution is -2.35. The molecule has 4 heteroatoms. The molecule has 0 aliphatic carbocycles. The Labute approximate surface area is 109 Å². The Hall–Kier alpha value is -1.13. The van der Waals surface area contributed by atoms with Crippen LogP contribution >= 0.6 is 12.2 Å². The fourth-order valence-corrected chi connectivity index (χ4v) is 1.75. The van der Waals surface area contributed by atoms with E-state index in [0.717, 1.165) is 19.5 Å². The Bertz CT molecular complexity index is 340. The topological polar surface area (TPSA) is 41.3 Å². The molecule has 3 nitrogen and oxygen atoms in total. The molecular formula is C13H21N3S. The molecule has 0 fully saturated rings. The van der Waals surface area contributed by atoms with Gasteiger partial charge in [-0.05, 0) is 38.2 Å². The van der Waals surface area contributed by atoms with Crippen molar-refractivity contribution in [3.05, 3.63) is 35.9 Å². The van der Waals surface area contributed by atoms with E-state index in [-0.39, 0.29) is 0 Å². The Kier molecular flexibility index (Phi) is 5.94. The minimum Gasteiger partial charge on any atom is -0.376 e. The second kappa shape index (κ2) is 7.25. The molecule has 17 heavy (non-hydrogen) atoms. The predicted molar refractivity (Wildman–Crippen MR) is 76.8 cm³/mol. The smallest absolute Gasteiger partial charge is 0.163 e. The van der Waals surface area contributed by atoms with Crippen molar-refractivity contribution in [2.45, 2.75) is 25.9 Å². The highest BCUT2D eigenvalue weighted by atomic mass is 32.1. The molecule has 0 saturated heterocycles. The van der Waals surface area contributed by atoms with Crippen LogP contribution in [0.3, 0.4) is 0 Å². The maximum Gasteiger partial charge on any atom is 0.163 e. The number of rotatable bonds is 6. The lowest BCUT2D eigenvalue weighted by atomic mass is 10.1. The van der Waals surface area contributed by atoms with Crippen LogP contribution in [0.5, 0.6) is 0 Å². The van der Waals surface area contributed by atoms with E-state index in [0.29, 0.717) is 11.2 Å². The van der Waals surface area contributed by atoms with Crippen molar-refractivity contribution in [3.8, 4) is 0 Å².